The molecule has 4 rings (SSSR count). The van der Waals surface area contributed by atoms with Gasteiger partial charge in [-0.2, -0.15) is 4.31 Å². The highest BCUT2D eigenvalue weighted by Crippen LogP contribution is 2.31. The van der Waals surface area contributed by atoms with Crippen molar-refractivity contribution in [1.29, 1.82) is 0 Å². The molecule has 5 nitrogen and oxygen atoms in total. The second-order valence-electron chi connectivity index (χ2n) is 7.14. The number of carbonyl (C=O) groups is 1. The average Bonchev–Trinajstić information content (AvgIpc) is 3.17. The van der Waals surface area contributed by atoms with E-state index in [1.807, 2.05) is 48.5 Å². The van der Waals surface area contributed by atoms with Crippen molar-refractivity contribution in [3.63, 3.8) is 0 Å². The van der Waals surface area contributed by atoms with E-state index in [-0.39, 0.29) is 23.9 Å². The Morgan fingerprint density at radius 3 is 2.33 bits per heavy atom. The number of nitrogens with zero attached hydrogens (tertiary/aromatic N) is 2. The van der Waals surface area contributed by atoms with Gasteiger partial charge in [-0.05, 0) is 47.9 Å². The van der Waals surface area contributed by atoms with Gasteiger partial charge >= 0.3 is 0 Å². The fourth-order valence-corrected chi connectivity index (χ4v) is 5.43. The lowest BCUT2D eigenvalue weighted by molar-refractivity contribution is -0.118. The minimum Gasteiger partial charge on any atom is -0.311 e. The van der Waals surface area contributed by atoms with Gasteiger partial charge in [-0.15, -0.1) is 0 Å². The fourth-order valence-electron chi connectivity index (χ4n) is 3.62. The van der Waals surface area contributed by atoms with Crippen LogP contribution in [0.1, 0.15) is 11.1 Å². The summed E-state index contributed by atoms with van der Waals surface area (Å²) in [6.45, 7) is 0.460. The predicted octanol–water partition coefficient (Wildman–Crippen LogP) is 4.23. The second-order valence-corrected chi connectivity index (χ2v) is 9.99. The number of hydrogen-bond acceptors (Lipinski definition) is 3. The molecule has 0 bridgehead atoms. The van der Waals surface area contributed by atoms with Crippen molar-refractivity contribution in [2.75, 3.05) is 18.0 Å². The molecule has 0 spiro atoms. The molecule has 1 aliphatic heterocycles. The van der Waals surface area contributed by atoms with Crippen LogP contribution in [0.4, 0.5) is 5.69 Å². The zero-order valence-corrected chi connectivity index (χ0v) is 18.6. The molecular formula is C23H21BrN2O3S. The molecule has 0 aliphatic carbocycles. The maximum absolute atomic E-state index is 13.3. The molecule has 1 heterocycles. The first kappa shape index (κ1) is 20.8. The first-order valence-electron chi connectivity index (χ1n) is 9.63. The number of benzene rings is 3. The number of amides is 1. The Morgan fingerprint density at radius 2 is 1.63 bits per heavy atom. The molecule has 0 unspecified atom stereocenters. The van der Waals surface area contributed by atoms with Gasteiger partial charge in [0.05, 0.1) is 11.4 Å². The number of carbonyl (C=O) groups excluding carboxylic acids is 1. The van der Waals surface area contributed by atoms with E-state index in [0.29, 0.717) is 6.54 Å². The lowest BCUT2D eigenvalue weighted by Crippen LogP contribution is -2.42. The second kappa shape index (κ2) is 8.71. The van der Waals surface area contributed by atoms with Crippen molar-refractivity contribution in [3.8, 4) is 0 Å². The van der Waals surface area contributed by atoms with E-state index in [1.165, 1.54) is 4.31 Å². The highest BCUT2D eigenvalue weighted by Gasteiger charge is 2.31. The number of anilines is 1. The quantitative estimate of drug-likeness (QED) is 0.525. The van der Waals surface area contributed by atoms with Crippen molar-refractivity contribution in [1.82, 2.24) is 4.31 Å². The van der Waals surface area contributed by atoms with Crippen molar-refractivity contribution >= 4 is 37.5 Å². The van der Waals surface area contributed by atoms with E-state index >= 15 is 0 Å². The van der Waals surface area contributed by atoms with Gasteiger partial charge in [0.2, 0.25) is 15.9 Å². The van der Waals surface area contributed by atoms with Crippen LogP contribution in [0.15, 0.2) is 88.2 Å². The van der Waals surface area contributed by atoms with Gasteiger partial charge in [0.15, 0.2) is 0 Å². The number of hydrogen-bond donors (Lipinski definition) is 0. The molecule has 0 aromatic heterocycles. The van der Waals surface area contributed by atoms with Gasteiger partial charge in [-0.25, -0.2) is 8.42 Å². The number of fused-ring (bicyclic) bond motifs is 1. The van der Waals surface area contributed by atoms with Crippen molar-refractivity contribution in [3.05, 3.63) is 94.5 Å². The van der Waals surface area contributed by atoms with Crippen LogP contribution in [-0.2, 0) is 27.8 Å². The predicted molar refractivity (Wildman–Crippen MR) is 121 cm³/mol. The van der Waals surface area contributed by atoms with Crippen LogP contribution in [0.25, 0.3) is 0 Å². The zero-order chi connectivity index (χ0) is 21.1. The van der Waals surface area contributed by atoms with E-state index < -0.39 is 10.0 Å². The molecule has 0 N–H and O–H groups in total. The molecular weight excluding hydrogens is 464 g/mol. The van der Waals surface area contributed by atoms with Crippen LogP contribution in [-0.4, -0.2) is 31.7 Å². The summed E-state index contributed by atoms with van der Waals surface area (Å²) in [6, 6.07) is 23.4. The maximum Gasteiger partial charge on any atom is 0.243 e. The van der Waals surface area contributed by atoms with Gasteiger partial charge in [-0.1, -0.05) is 64.5 Å². The van der Waals surface area contributed by atoms with Crippen molar-refractivity contribution in [2.45, 2.75) is 17.9 Å². The molecule has 1 aliphatic rings. The molecule has 154 valence electrons. The van der Waals surface area contributed by atoms with Crippen molar-refractivity contribution < 1.29 is 13.2 Å². The lowest BCUT2D eigenvalue weighted by atomic mass is 10.2. The molecule has 0 saturated heterocycles. The first-order valence-corrected chi connectivity index (χ1v) is 11.9. The maximum atomic E-state index is 13.3. The molecule has 0 saturated carbocycles. The third kappa shape index (κ3) is 4.33. The Kier molecular flexibility index (Phi) is 6.04. The number of rotatable bonds is 6. The van der Waals surface area contributed by atoms with E-state index in [9.17, 15) is 13.2 Å². The topological polar surface area (TPSA) is 57.7 Å². The summed E-state index contributed by atoms with van der Waals surface area (Å²) in [5.74, 6) is -0.230. The summed E-state index contributed by atoms with van der Waals surface area (Å²) in [4.78, 5) is 15.0. The van der Waals surface area contributed by atoms with Gasteiger partial charge in [-0.3, -0.25) is 4.79 Å². The van der Waals surface area contributed by atoms with E-state index in [4.69, 9.17) is 0 Å². The third-order valence-corrected chi connectivity index (χ3v) is 7.43. The molecule has 0 radical (unpaired) electrons. The average molecular weight is 485 g/mol. The van der Waals surface area contributed by atoms with Crippen LogP contribution in [0.2, 0.25) is 0 Å². The summed E-state index contributed by atoms with van der Waals surface area (Å²) in [6.07, 6.45) is 0.755. The molecule has 3 aromatic carbocycles. The summed E-state index contributed by atoms with van der Waals surface area (Å²) in [5, 5.41) is 0. The van der Waals surface area contributed by atoms with Gasteiger partial charge < -0.3 is 4.90 Å². The van der Waals surface area contributed by atoms with Crippen molar-refractivity contribution in [2.24, 2.45) is 0 Å². The Hall–Kier alpha value is -2.48. The highest BCUT2D eigenvalue weighted by atomic mass is 79.9. The number of sulfonamides is 1. The molecule has 0 atom stereocenters. The molecule has 30 heavy (non-hydrogen) atoms. The van der Waals surface area contributed by atoms with Crippen LogP contribution in [0.3, 0.4) is 0 Å². The monoisotopic (exact) mass is 484 g/mol. The minimum atomic E-state index is -3.83. The summed E-state index contributed by atoms with van der Waals surface area (Å²) in [7, 11) is -3.83. The van der Waals surface area contributed by atoms with Crippen LogP contribution in [0.5, 0.6) is 0 Å². The summed E-state index contributed by atoms with van der Waals surface area (Å²) in [5.41, 5.74) is 2.76. The summed E-state index contributed by atoms with van der Waals surface area (Å²) < 4.78 is 28.9. The molecule has 7 heteroatoms. The summed E-state index contributed by atoms with van der Waals surface area (Å²) >= 11 is 3.46. The minimum absolute atomic E-state index is 0.130. The van der Waals surface area contributed by atoms with E-state index in [1.54, 1.807) is 35.2 Å². The van der Waals surface area contributed by atoms with Gasteiger partial charge in [0.25, 0.3) is 0 Å². The Morgan fingerprint density at radius 1 is 0.967 bits per heavy atom. The van der Waals surface area contributed by atoms with E-state index in [0.717, 1.165) is 27.7 Å². The largest absolute Gasteiger partial charge is 0.311 e. The lowest BCUT2D eigenvalue weighted by Gasteiger charge is -2.25. The Labute approximate surface area is 185 Å². The standard InChI is InChI=1S/C23H21BrN2O3S/c24-20-11-12-22-19(15-20)13-14-26(22)23(27)17-25(16-18-7-3-1-4-8-18)30(28,29)21-9-5-2-6-10-21/h1-12,15H,13-14,16-17H2. The number of halogens is 1. The molecule has 0 fully saturated rings. The Balaban J connectivity index is 1.63. The van der Waals surface area contributed by atoms with Gasteiger partial charge in [0.1, 0.15) is 0 Å². The molecule has 3 aromatic rings. The van der Waals surface area contributed by atoms with Crippen LogP contribution >= 0.6 is 15.9 Å². The SMILES string of the molecule is O=C(CN(Cc1ccccc1)S(=O)(=O)c1ccccc1)N1CCc2cc(Br)ccc21. The zero-order valence-electron chi connectivity index (χ0n) is 16.2. The van der Waals surface area contributed by atoms with E-state index in [2.05, 4.69) is 15.9 Å². The van der Waals surface area contributed by atoms with Gasteiger partial charge in [0, 0.05) is 23.2 Å². The fraction of sp³-hybridized carbons (Fsp3) is 0.174. The van der Waals surface area contributed by atoms with Crippen LogP contribution in [0, 0.1) is 0 Å². The smallest absolute Gasteiger partial charge is 0.243 e. The Bertz CT molecular complexity index is 1150. The first-order chi connectivity index (χ1) is 14.4. The highest BCUT2D eigenvalue weighted by molar-refractivity contribution is 9.10. The van der Waals surface area contributed by atoms with Crippen LogP contribution < -0.4 is 4.90 Å². The molecule has 1 amide bonds. The normalized spacial score (nSPS) is 13.5. The third-order valence-electron chi connectivity index (χ3n) is 5.13.